The number of nitrogens with two attached hydrogens (primary N) is 1. The molecule has 0 radical (unpaired) electrons. The number of likely N-dealkylation sites (tertiary alicyclic amines) is 1. The van der Waals surface area contributed by atoms with Gasteiger partial charge in [0.15, 0.2) is 0 Å². The van der Waals surface area contributed by atoms with E-state index < -0.39 is 17.3 Å². The SMILES string of the molecule is CC1CCCN(C(=O)c2cc(F)c(N)c(F)c2)C1C. The van der Waals surface area contributed by atoms with Gasteiger partial charge in [0.05, 0.1) is 0 Å². The Kier molecular flexibility index (Phi) is 3.73. The van der Waals surface area contributed by atoms with Gasteiger partial charge in [0, 0.05) is 18.2 Å². The Morgan fingerprint density at radius 3 is 2.47 bits per heavy atom. The van der Waals surface area contributed by atoms with Crippen LogP contribution in [0.25, 0.3) is 0 Å². The number of rotatable bonds is 1. The number of benzene rings is 1. The Hall–Kier alpha value is -1.65. The minimum absolute atomic E-state index is 0.0187. The van der Waals surface area contributed by atoms with Crippen molar-refractivity contribution in [3.63, 3.8) is 0 Å². The summed E-state index contributed by atoms with van der Waals surface area (Å²) in [5.74, 6) is -1.72. The minimum atomic E-state index is -0.888. The zero-order valence-electron chi connectivity index (χ0n) is 11.1. The minimum Gasteiger partial charge on any atom is -0.394 e. The smallest absolute Gasteiger partial charge is 0.254 e. The Labute approximate surface area is 111 Å². The van der Waals surface area contributed by atoms with Gasteiger partial charge in [-0.15, -0.1) is 0 Å². The van der Waals surface area contributed by atoms with Crippen molar-refractivity contribution in [1.29, 1.82) is 0 Å². The number of piperidine rings is 1. The summed E-state index contributed by atoms with van der Waals surface area (Å²) in [6, 6.07) is 2.09. The highest BCUT2D eigenvalue weighted by Crippen LogP contribution is 2.26. The molecule has 1 aromatic carbocycles. The molecular formula is C14H18F2N2O. The maximum Gasteiger partial charge on any atom is 0.254 e. The highest BCUT2D eigenvalue weighted by atomic mass is 19.1. The van der Waals surface area contributed by atoms with Crippen molar-refractivity contribution in [1.82, 2.24) is 4.90 Å². The molecule has 0 aromatic heterocycles. The summed E-state index contributed by atoms with van der Waals surface area (Å²) in [7, 11) is 0. The largest absolute Gasteiger partial charge is 0.394 e. The third-order valence-electron chi connectivity index (χ3n) is 3.96. The van der Waals surface area contributed by atoms with Gasteiger partial charge in [-0.2, -0.15) is 0 Å². The fourth-order valence-electron chi connectivity index (χ4n) is 2.50. The van der Waals surface area contributed by atoms with E-state index in [0.29, 0.717) is 12.5 Å². The van der Waals surface area contributed by atoms with Gasteiger partial charge in [0.1, 0.15) is 17.3 Å². The van der Waals surface area contributed by atoms with E-state index >= 15 is 0 Å². The van der Waals surface area contributed by atoms with E-state index in [9.17, 15) is 13.6 Å². The molecule has 1 aliphatic heterocycles. The molecule has 2 N–H and O–H groups in total. The molecule has 0 bridgehead atoms. The van der Waals surface area contributed by atoms with Crippen LogP contribution in [0, 0.1) is 17.6 Å². The van der Waals surface area contributed by atoms with E-state index in [1.807, 2.05) is 6.92 Å². The lowest BCUT2D eigenvalue weighted by atomic mass is 9.91. The predicted molar refractivity (Wildman–Crippen MR) is 69.7 cm³/mol. The second kappa shape index (κ2) is 5.15. The first-order chi connectivity index (χ1) is 8.91. The molecule has 1 saturated heterocycles. The maximum atomic E-state index is 13.4. The quantitative estimate of drug-likeness (QED) is 0.796. The van der Waals surface area contributed by atoms with Gasteiger partial charge in [0.25, 0.3) is 5.91 Å². The number of halogens is 2. The van der Waals surface area contributed by atoms with Gasteiger partial charge in [-0.25, -0.2) is 8.78 Å². The highest BCUT2D eigenvalue weighted by Gasteiger charge is 2.29. The van der Waals surface area contributed by atoms with Crippen molar-refractivity contribution in [3.8, 4) is 0 Å². The molecule has 0 saturated carbocycles. The summed E-state index contributed by atoms with van der Waals surface area (Å²) in [5.41, 5.74) is 4.68. The van der Waals surface area contributed by atoms with E-state index in [4.69, 9.17) is 5.73 Å². The van der Waals surface area contributed by atoms with Crippen LogP contribution >= 0.6 is 0 Å². The molecule has 0 aliphatic carbocycles. The Balaban J connectivity index is 2.29. The maximum absolute atomic E-state index is 13.4. The number of carbonyl (C=O) groups excluding carboxylic acids is 1. The van der Waals surface area contributed by atoms with Gasteiger partial charge < -0.3 is 10.6 Å². The van der Waals surface area contributed by atoms with Gasteiger partial charge in [-0.3, -0.25) is 4.79 Å². The number of amides is 1. The zero-order chi connectivity index (χ0) is 14.2. The second-order valence-electron chi connectivity index (χ2n) is 5.21. The zero-order valence-corrected chi connectivity index (χ0v) is 11.1. The van der Waals surface area contributed by atoms with Crippen LogP contribution in [0.4, 0.5) is 14.5 Å². The van der Waals surface area contributed by atoms with Crippen molar-refractivity contribution in [3.05, 3.63) is 29.3 Å². The number of nitrogen functional groups attached to an aromatic ring is 1. The van der Waals surface area contributed by atoms with E-state index in [1.165, 1.54) is 0 Å². The Morgan fingerprint density at radius 2 is 1.89 bits per heavy atom. The lowest BCUT2D eigenvalue weighted by molar-refractivity contribution is 0.0550. The van der Waals surface area contributed by atoms with E-state index in [1.54, 1.807) is 4.90 Å². The molecule has 1 heterocycles. The van der Waals surface area contributed by atoms with Crippen molar-refractivity contribution >= 4 is 11.6 Å². The average Bonchev–Trinajstić information content (AvgIpc) is 2.38. The van der Waals surface area contributed by atoms with Gasteiger partial charge in [-0.1, -0.05) is 6.92 Å². The molecule has 1 aromatic rings. The molecule has 104 valence electrons. The van der Waals surface area contributed by atoms with Gasteiger partial charge in [-0.05, 0) is 37.8 Å². The third-order valence-corrected chi connectivity index (χ3v) is 3.96. The molecule has 2 unspecified atom stereocenters. The normalized spacial score (nSPS) is 23.5. The van der Waals surface area contributed by atoms with Crippen molar-refractivity contribution in [2.45, 2.75) is 32.7 Å². The molecule has 2 rings (SSSR count). The third kappa shape index (κ3) is 2.55. The molecule has 1 fully saturated rings. The van der Waals surface area contributed by atoms with Crippen LogP contribution < -0.4 is 5.73 Å². The van der Waals surface area contributed by atoms with Crippen molar-refractivity contribution < 1.29 is 13.6 Å². The molecule has 19 heavy (non-hydrogen) atoms. The van der Waals surface area contributed by atoms with E-state index in [0.717, 1.165) is 25.0 Å². The first kappa shape index (κ1) is 13.8. The Morgan fingerprint density at radius 1 is 1.32 bits per heavy atom. The molecule has 1 amide bonds. The number of hydrogen-bond donors (Lipinski definition) is 1. The first-order valence-electron chi connectivity index (χ1n) is 6.47. The number of anilines is 1. The second-order valence-corrected chi connectivity index (χ2v) is 5.21. The predicted octanol–water partition coefficient (Wildman–Crippen LogP) is 2.81. The lowest BCUT2D eigenvalue weighted by Gasteiger charge is -2.38. The molecule has 0 spiro atoms. The van der Waals surface area contributed by atoms with E-state index in [-0.39, 0.29) is 17.5 Å². The molecule has 3 nitrogen and oxygen atoms in total. The van der Waals surface area contributed by atoms with Crippen LogP contribution in [0.2, 0.25) is 0 Å². The molecular weight excluding hydrogens is 250 g/mol. The highest BCUT2D eigenvalue weighted by molar-refractivity contribution is 5.95. The molecule has 1 aliphatic rings. The standard InChI is InChI=1S/C14H18F2N2O/c1-8-4-3-5-18(9(8)2)14(19)10-6-11(15)13(17)12(16)7-10/h6-9H,3-5,17H2,1-2H3. The van der Waals surface area contributed by atoms with Gasteiger partial charge in [0.2, 0.25) is 0 Å². The van der Waals surface area contributed by atoms with Gasteiger partial charge >= 0.3 is 0 Å². The Bertz CT molecular complexity index is 481. The fourth-order valence-corrected chi connectivity index (χ4v) is 2.50. The van der Waals surface area contributed by atoms with Crippen LogP contribution in [0.5, 0.6) is 0 Å². The summed E-state index contributed by atoms with van der Waals surface area (Å²) in [6.45, 7) is 4.66. The average molecular weight is 268 g/mol. The van der Waals surface area contributed by atoms with Crippen LogP contribution in [0.15, 0.2) is 12.1 Å². The summed E-state index contributed by atoms with van der Waals surface area (Å²) < 4.78 is 26.8. The van der Waals surface area contributed by atoms with Crippen LogP contribution in [0.1, 0.15) is 37.0 Å². The fraction of sp³-hybridized carbons (Fsp3) is 0.500. The number of carbonyl (C=O) groups is 1. The number of nitrogens with zero attached hydrogens (tertiary/aromatic N) is 1. The van der Waals surface area contributed by atoms with E-state index in [2.05, 4.69) is 6.92 Å². The number of hydrogen-bond acceptors (Lipinski definition) is 2. The summed E-state index contributed by atoms with van der Waals surface area (Å²) >= 11 is 0. The molecule has 5 heteroatoms. The molecule has 2 atom stereocenters. The summed E-state index contributed by atoms with van der Waals surface area (Å²) in [5, 5.41) is 0. The van der Waals surface area contributed by atoms with Crippen molar-refractivity contribution in [2.75, 3.05) is 12.3 Å². The van der Waals surface area contributed by atoms with Crippen LogP contribution in [0.3, 0.4) is 0 Å². The van der Waals surface area contributed by atoms with Crippen molar-refractivity contribution in [2.24, 2.45) is 5.92 Å². The topological polar surface area (TPSA) is 46.3 Å². The summed E-state index contributed by atoms with van der Waals surface area (Å²) in [4.78, 5) is 14.0. The lowest BCUT2D eigenvalue weighted by Crippen LogP contribution is -2.46. The van der Waals surface area contributed by atoms with Crippen LogP contribution in [-0.2, 0) is 0 Å². The summed E-state index contributed by atoms with van der Waals surface area (Å²) in [6.07, 6.45) is 1.98. The van der Waals surface area contributed by atoms with Crippen LogP contribution in [-0.4, -0.2) is 23.4 Å². The first-order valence-corrected chi connectivity index (χ1v) is 6.47. The monoisotopic (exact) mass is 268 g/mol.